The van der Waals surface area contributed by atoms with Crippen molar-refractivity contribution in [1.82, 2.24) is 15.0 Å². The lowest BCUT2D eigenvalue weighted by Gasteiger charge is -2.27. The lowest BCUT2D eigenvalue weighted by atomic mass is 10.0. The third-order valence-electron chi connectivity index (χ3n) is 4.81. The van der Waals surface area contributed by atoms with Gasteiger partial charge < -0.3 is 14.2 Å². The minimum absolute atomic E-state index is 0.0161. The van der Waals surface area contributed by atoms with E-state index in [9.17, 15) is 4.79 Å². The number of benzene rings is 2. The van der Waals surface area contributed by atoms with E-state index >= 15 is 0 Å². The molecule has 138 valence electrons. The predicted molar refractivity (Wildman–Crippen MR) is 101 cm³/mol. The minimum atomic E-state index is 0.0161. The highest BCUT2D eigenvalue weighted by Crippen LogP contribution is 2.30. The third-order valence-corrected chi connectivity index (χ3v) is 4.81. The molecule has 0 bridgehead atoms. The zero-order valence-electron chi connectivity index (χ0n) is 15.2. The third kappa shape index (κ3) is 3.43. The van der Waals surface area contributed by atoms with E-state index in [1.54, 1.807) is 7.11 Å². The number of hydrogen-bond donors (Lipinski definition) is 0. The first-order valence-electron chi connectivity index (χ1n) is 9.13. The molecular formula is C21H21N3O3. The molecule has 1 aliphatic rings. The number of likely N-dealkylation sites (tertiary alicyclic amines) is 1. The Morgan fingerprint density at radius 2 is 1.70 bits per heavy atom. The second kappa shape index (κ2) is 7.61. The first-order valence-corrected chi connectivity index (χ1v) is 9.13. The van der Waals surface area contributed by atoms with Gasteiger partial charge in [0.2, 0.25) is 5.82 Å². The number of hydrogen-bond acceptors (Lipinski definition) is 5. The van der Waals surface area contributed by atoms with Gasteiger partial charge in [0.1, 0.15) is 5.75 Å². The Hall–Kier alpha value is -3.15. The number of para-hydroxylation sites is 1. The number of aromatic nitrogens is 2. The minimum Gasteiger partial charge on any atom is -0.496 e. The van der Waals surface area contributed by atoms with Gasteiger partial charge in [-0.25, -0.2) is 0 Å². The Kier molecular flexibility index (Phi) is 4.87. The van der Waals surface area contributed by atoms with E-state index in [2.05, 4.69) is 10.1 Å². The van der Waals surface area contributed by atoms with Crippen LogP contribution in [0.4, 0.5) is 0 Å². The van der Waals surface area contributed by atoms with E-state index in [4.69, 9.17) is 9.26 Å². The van der Waals surface area contributed by atoms with Crippen LogP contribution in [0.1, 0.15) is 29.6 Å². The number of methoxy groups -OCH3 is 1. The molecule has 1 saturated heterocycles. The second-order valence-electron chi connectivity index (χ2n) is 6.52. The van der Waals surface area contributed by atoms with E-state index < -0.39 is 0 Å². The lowest BCUT2D eigenvalue weighted by Crippen LogP contribution is -2.35. The molecule has 2 aromatic carbocycles. The Bertz CT molecular complexity index is 945. The number of amides is 1. The number of rotatable bonds is 4. The summed E-state index contributed by atoms with van der Waals surface area (Å²) < 4.78 is 10.9. The number of nitrogens with zero attached hydrogens (tertiary/aromatic N) is 3. The molecule has 3 aromatic rings. The van der Waals surface area contributed by atoms with Gasteiger partial charge in [0.05, 0.1) is 23.8 Å². The smallest absolute Gasteiger partial charge is 0.259 e. The van der Waals surface area contributed by atoms with Crippen molar-refractivity contribution in [2.75, 3.05) is 20.2 Å². The van der Waals surface area contributed by atoms with Crippen LogP contribution in [0.2, 0.25) is 0 Å². The van der Waals surface area contributed by atoms with Crippen LogP contribution in [0, 0.1) is 0 Å². The summed E-state index contributed by atoms with van der Waals surface area (Å²) in [6, 6.07) is 14.9. The topological polar surface area (TPSA) is 68.5 Å². The monoisotopic (exact) mass is 363 g/mol. The average Bonchev–Trinajstić information content (AvgIpc) is 3.24. The summed E-state index contributed by atoms with van der Waals surface area (Å²) in [4.78, 5) is 19.4. The Morgan fingerprint density at radius 1 is 1.00 bits per heavy atom. The SMILES string of the molecule is COc1ccccc1-c1noc(-c2ccccc2C(=O)N2CCCCC2)n1. The van der Waals surface area contributed by atoms with Gasteiger partial charge in [0.15, 0.2) is 0 Å². The van der Waals surface area contributed by atoms with Crippen molar-refractivity contribution >= 4 is 5.91 Å². The number of carbonyl (C=O) groups is 1. The lowest BCUT2D eigenvalue weighted by molar-refractivity contribution is 0.0725. The van der Waals surface area contributed by atoms with Gasteiger partial charge in [-0.1, -0.05) is 29.4 Å². The van der Waals surface area contributed by atoms with Crippen LogP contribution in [0.3, 0.4) is 0 Å². The first kappa shape index (κ1) is 17.3. The molecule has 4 rings (SSSR count). The number of piperidine rings is 1. The largest absolute Gasteiger partial charge is 0.496 e. The van der Waals surface area contributed by atoms with E-state index in [1.165, 1.54) is 6.42 Å². The summed E-state index contributed by atoms with van der Waals surface area (Å²) in [6.07, 6.45) is 3.27. The fraction of sp³-hybridized carbons (Fsp3) is 0.286. The molecule has 6 heteroatoms. The number of carbonyl (C=O) groups excluding carboxylic acids is 1. The molecule has 6 nitrogen and oxygen atoms in total. The highest BCUT2D eigenvalue weighted by molar-refractivity contribution is 6.00. The molecule has 0 unspecified atom stereocenters. The number of ether oxygens (including phenoxy) is 1. The zero-order valence-corrected chi connectivity index (χ0v) is 15.2. The Labute approximate surface area is 157 Å². The molecule has 27 heavy (non-hydrogen) atoms. The summed E-state index contributed by atoms with van der Waals surface area (Å²) in [6.45, 7) is 1.59. The Morgan fingerprint density at radius 3 is 2.48 bits per heavy atom. The van der Waals surface area contributed by atoms with Crippen LogP contribution in [-0.4, -0.2) is 41.1 Å². The fourth-order valence-corrected chi connectivity index (χ4v) is 3.40. The fourth-order valence-electron chi connectivity index (χ4n) is 3.40. The summed E-state index contributed by atoms with van der Waals surface area (Å²) in [5.41, 5.74) is 1.99. The van der Waals surface area contributed by atoms with Crippen molar-refractivity contribution in [3.63, 3.8) is 0 Å². The maximum absolute atomic E-state index is 13.0. The highest BCUT2D eigenvalue weighted by atomic mass is 16.5. The predicted octanol–water partition coefficient (Wildman–Crippen LogP) is 4.04. The second-order valence-corrected chi connectivity index (χ2v) is 6.52. The molecule has 1 aliphatic heterocycles. The first-order chi connectivity index (χ1) is 13.3. The van der Waals surface area contributed by atoms with Crippen LogP contribution in [-0.2, 0) is 0 Å². The van der Waals surface area contributed by atoms with Crippen molar-refractivity contribution in [3.05, 3.63) is 54.1 Å². The van der Waals surface area contributed by atoms with E-state index in [0.29, 0.717) is 28.6 Å². The maximum atomic E-state index is 13.0. The standard InChI is InChI=1S/C21H21N3O3/c1-26-18-12-6-5-11-17(18)19-22-20(27-23-19)15-9-3-4-10-16(15)21(25)24-13-7-2-8-14-24/h3-6,9-12H,2,7-8,13-14H2,1H3. The molecule has 0 N–H and O–H groups in total. The molecule has 1 amide bonds. The summed E-state index contributed by atoms with van der Waals surface area (Å²) in [5, 5.41) is 4.09. The molecular weight excluding hydrogens is 342 g/mol. The normalized spacial score (nSPS) is 14.2. The van der Waals surface area contributed by atoms with Gasteiger partial charge in [0, 0.05) is 13.1 Å². The van der Waals surface area contributed by atoms with Crippen LogP contribution >= 0.6 is 0 Å². The average molecular weight is 363 g/mol. The van der Waals surface area contributed by atoms with Crippen LogP contribution < -0.4 is 4.74 Å². The summed E-state index contributed by atoms with van der Waals surface area (Å²) in [5.74, 6) is 1.45. The van der Waals surface area contributed by atoms with Crippen molar-refractivity contribution in [1.29, 1.82) is 0 Å². The van der Waals surface area contributed by atoms with E-state index in [0.717, 1.165) is 31.5 Å². The summed E-state index contributed by atoms with van der Waals surface area (Å²) in [7, 11) is 1.60. The highest BCUT2D eigenvalue weighted by Gasteiger charge is 2.23. The van der Waals surface area contributed by atoms with Gasteiger partial charge >= 0.3 is 0 Å². The molecule has 0 aliphatic carbocycles. The van der Waals surface area contributed by atoms with Gasteiger partial charge in [0.25, 0.3) is 11.8 Å². The van der Waals surface area contributed by atoms with Crippen molar-refractivity contribution in [3.8, 4) is 28.6 Å². The van der Waals surface area contributed by atoms with Crippen LogP contribution in [0.15, 0.2) is 53.1 Å². The van der Waals surface area contributed by atoms with Gasteiger partial charge in [-0.05, 0) is 43.5 Å². The van der Waals surface area contributed by atoms with Crippen LogP contribution in [0.5, 0.6) is 5.75 Å². The van der Waals surface area contributed by atoms with Crippen LogP contribution in [0.25, 0.3) is 22.8 Å². The maximum Gasteiger partial charge on any atom is 0.259 e. The molecule has 1 aromatic heterocycles. The van der Waals surface area contributed by atoms with Crippen molar-refractivity contribution in [2.24, 2.45) is 0 Å². The van der Waals surface area contributed by atoms with Gasteiger partial charge in [-0.15, -0.1) is 0 Å². The molecule has 1 fully saturated rings. The van der Waals surface area contributed by atoms with Crippen molar-refractivity contribution < 1.29 is 14.1 Å². The zero-order chi connectivity index (χ0) is 18.6. The quantitative estimate of drug-likeness (QED) is 0.700. The summed E-state index contributed by atoms with van der Waals surface area (Å²) >= 11 is 0. The molecule has 2 heterocycles. The van der Waals surface area contributed by atoms with E-state index in [-0.39, 0.29) is 5.91 Å². The molecule has 0 radical (unpaired) electrons. The van der Waals surface area contributed by atoms with Gasteiger partial charge in [-0.2, -0.15) is 4.98 Å². The van der Waals surface area contributed by atoms with Crippen molar-refractivity contribution in [2.45, 2.75) is 19.3 Å². The molecule has 0 saturated carbocycles. The Balaban J connectivity index is 1.69. The molecule has 0 atom stereocenters. The van der Waals surface area contributed by atoms with Gasteiger partial charge in [-0.3, -0.25) is 4.79 Å². The van der Waals surface area contributed by atoms with E-state index in [1.807, 2.05) is 53.4 Å². The molecule has 0 spiro atoms.